The average molecular weight is 553 g/mol. The van der Waals surface area contributed by atoms with E-state index in [-0.39, 0.29) is 35.2 Å². The number of tetrazole rings is 1. The maximum Gasteiger partial charge on any atom is 0.368 e. The number of aliphatic hydroxyl groups is 1. The van der Waals surface area contributed by atoms with Gasteiger partial charge in [0.15, 0.2) is 5.82 Å². The molecule has 3 N–H and O–H groups in total. The predicted molar refractivity (Wildman–Crippen MR) is 144 cm³/mol. The minimum absolute atomic E-state index is 0.00103. The van der Waals surface area contributed by atoms with Crippen molar-refractivity contribution in [3.05, 3.63) is 40.2 Å². The fourth-order valence-electron chi connectivity index (χ4n) is 5.42. The fourth-order valence-corrected chi connectivity index (χ4v) is 5.42. The van der Waals surface area contributed by atoms with Crippen LogP contribution in [0.2, 0.25) is 0 Å². The minimum Gasteiger partial charge on any atom is -0.489 e. The van der Waals surface area contributed by atoms with Crippen LogP contribution in [0.15, 0.2) is 23.1 Å². The lowest BCUT2D eigenvalue weighted by Crippen LogP contribution is -2.49. The molecule has 40 heavy (non-hydrogen) atoms. The molecule has 2 aliphatic heterocycles. The van der Waals surface area contributed by atoms with Gasteiger partial charge in [0, 0.05) is 25.7 Å². The van der Waals surface area contributed by atoms with Crippen molar-refractivity contribution in [1.82, 2.24) is 34.7 Å². The van der Waals surface area contributed by atoms with Gasteiger partial charge in [-0.2, -0.15) is 19.6 Å². The summed E-state index contributed by atoms with van der Waals surface area (Å²) in [7, 11) is 1.43. The Morgan fingerprint density at radius 3 is 2.83 bits per heavy atom. The standard InChI is InChI=1S/C26H33FN10O3/c1-16(38)15-40-23-10-19(27)20(11-22(23)37-26(39)35(2)33-34-37)31-25-30-14-18(12-28)24(32-25)29-13-17-6-5-9-36-8-4-3-7-21(17)36/h10-11,14,16-17,21,38H,3-9,13,15H2,1-2H3,(H2,29,30,31,32)/t16?,17-,21+/m0/s1. The molecule has 212 valence electrons. The van der Waals surface area contributed by atoms with E-state index >= 15 is 4.39 Å². The van der Waals surface area contributed by atoms with Crippen molar-refractivity contribution in [2.75, 3.05) is 36.9 Å². The third kappa shape index (κ3) is 5.90. The van der Waals surface area contributed by atoms with Crippen LogP contribution in [-0.2, 0) is 7.05 Å². The van der Waals surface area contributed by atoms with Crippen LogP contribution < -0.4 is 21.1 Å². The molecule has 1 unspecified atom stereocenters. The number of rotatable bonds is 9. The SMILES string of the molecule is CC(O)COc1cc(F)c(Nc2ncc(C#N)c(NC[C@@H]3CCCN4CCCC[C@H]34)n2)cc1-n1nnn(C)c1=O. The van der Waals surface area contributed by atoms with E-state index in [2.05, 4.69) is 42.0 Å². The highest BCUT2D eigenvalue weighted by atomic mass is 19.1. The summed E-state index contributed by atoms with van der Waals surface area (Å²) >= 11 is 0. The molecule has 0 spiro atoms. The third-order valence-electron chi connectivity index (χ3n) is 7.39. The number of hydrogen-bond acceptors (Lipinski definition) is 11. The Morgan fingerprint density at radius 1 is 1.25 bits per heavy atom. The van der Waals surface area contributed by atoms with Crippen molar-refractivity contribution in [2.45, 2.75) is 51.2 Å². The topological polar surface area (TPSA) is 159 Å². The number of halogens is 1. The Hall–Kier alpha value is -4.09. The number of ether oxygens (including phenoxy) is 1. The molecule has 2 fully saturated rings. The van der Waals surface area contributed by atoms with Crippen LogP contribution in [0.5, 0.6) is 5.75 Å². The van der Waals surface area contributed by atoms with E-state index in [0.717, 1.165) is 41.4 Å². The largest absolute Gasteiger partial charge is 0.489 e. The minimum atomic E-state index is -0.819. The molecule has 2 aliphatic rings. The van der Waals surface area contributed by atoms with Gasteiger partial charge < -0.3 is 25.4 Å². The number of nitrogens with one attached hydrogen (secondary N) is 2. The number of fused-ring (bicyclic) bond motifs is 1. The zero-order chi connectivity index (χ0) is 28.2. The number of hydrogen-bond donors (Lipinski definition) is 3. The molecule has 1 aromatic carbocycles. The molecular formula is C26H33FN10O3. The number of aromatic nitrogens is 6. The summed E-state index contributed by atoms with van der Waals surface area (Å²) in [5.74, 6) is 0.183. The molecule has 3 aromatic rings. The highest BCUT2D eigenvalue weighted by Gasteiger charge is 2.33. The first-order valence-electron chi connectivity index (χ1n) is 13.5. The molecule has 13 nitrogen and oxygen atoms in total. The lowest BCUT2D eigenvalue weighted by atomic mass is 9.83. The lowest BCUT2D eigenvalue weighted by molar-refractivity contribution is 0.0649. The van der Waals surface area contributed by atoms with Crippen molar-refractivity contribution in [1.29, 1.82) is 5.26 Å². The van der Waals surface area contributed by atoms with Crippen molar-refractivity contribution in [2.24, 2.45) is 13.0 Å². The fraction of sp³-hybridized carbons (Fsp3) is 0.538. The summed E-state index contributed by atoms with van der Waals surface area (Å²) in [6.07, 6.45) is 6.50. The monoisotopic (exact) mass is 552 g/mol. The molecule has 0 bridgehead atoms. The van der Waals surface area contributed by atoms with Gasteiger partial charge in [-0.05, 0) is 68.1 Å². The van der Waals surface area contributed by atoms with Crippen molar-refractivity contribution in [3.63, 3.8) is 0 Å². The van der Waals surface area contributed by atoms with Gasteiger partial charge in [-0.3, -0.25) is 0 Å². The van der Waals surface area contributed by atoms with Crippen molar-refractivity contribution >= 4 is 17.5 Å². The molecule has 5 rings (SSSR count). The number of anilines is 3. The Balaban J connectivity index is 1.39. The molecule has 3 atom stereocenters. The molecule has 0 amide bonds. The average Bonchev–Trinajstić information content (AvgIpc) is 3.29. The quantitative estimate of drug-likeness (QED) is 0.356. The third-order valence-corrected chi connectivity index (χ3v) is 7.39. The van der Waals surface area contributed by atoms with Gasteiger partial charge in [-0.25, -0.2) is 14.2 Å². The first-order valence-corrected chi connectivity index (χ1v) is 13.5. The van der Waals surface area contributed by atoms with Gasteiger partial charge in [0.1, 0.15) is 35.5 Å². The van der Waals surface area contributed by atoms with E-state index in [0.29, 0.717) is 24.3 Å². The van der Waals surface area contributed by atoms with Crippen LogP contribution in [0, 0.1) is 23.1 Å². The molecule has 2 saturated heterocycles. The molecule has 0 radical (unpaired) electrons. The Bertz CT molecular complexity index is 1450. The van der Waals surface area contributed by atoms with Crippen LogP contribution in [0.3, 0.4) is 0 Å². The highest BCUT2D eigenvalue weighted by Crippen LogP contribution is 2.32. The smallest absolute Gasteiger partial charge is 0.368 e. The van der Waals surface area contributed by atoms with Gasteiger partial charge in [0.2, 0.25) is 5.95 Å². The zero-order valence-electron chi connectivity index (χ0n) is 22.5. The van der Waals surface area contributed by atoms with Crippen LogP contribution in [-0.4, -0.2) is 78.2 Å². The molecule has 4 heterocycles. The second-order valence-electron chi connectivity index (χ2n) is 10.3. The number of benzene rings is 1. The number of aliphatic hydroxyl groups excluding tert-OH is 1. The van der Waals surface area contributed by atoms with Gasteiger partial charge in [0.25, 0.3) is 0 Å². The summed E-state index contributed by atoms with van der Waals surface area (Å²) in [6.45, 7) is 4.36. The molecule has 0 aliphatic carbocycles. The van der Waals surface area contributed by atoms with Crippen LogP contribution >= 0.6 is 0 Å². The normalized spacial score (nSPS) is 19.9. The van der Waals surface area contributed by atoms with Crippen molar-refractivity contribution < 1.29 is 14.2 Å². The Labute approximate surface area is 230 Å². The lowest BCUT2D eigenvalue weighted by Gasteiger charge is -2.44. The Morgan fingerprint density at radius 2 is 2.08 bits per heavy atom. The van der Waals surface area contributed by atoms with E-state index < -0.39 is 17.6 Å². The number of nitrogens with zero attached hydrogens (tertiary/aromatic N) is 8. The number of nitriles is 1. The zero-order valence-corrected chi connectivity index (χ0v) is 22.5. The predicted octanol–water partition coefficient (Wildman–Crippen LogP) is 1.95. The van der Waals surface area contributed by atoms with Crippen molar-refractivity contribution in [3.8, 4) is 17.5 Å². The second-order valence-corrected chi connectivity index (χ2v) is 10.3. The van der Waals surface area contributed by atoms with Gasteiger partial charge >= 0.3 is 5.69 Å². The van der Waals surface area contributed by atoms with E-state index in [1.54, 1.807) is 0 Å². The maximum atomic E-state index is 15.2. The molecular weight excluding hydrogens is 519 g/mol. The first-order chi connectivity index (χ1) is 19.3. The molecule has 2 aromatic heterocycles. The highest BCUT2D eigenvalue weighted by molar-refractivity contribution is 5.64. The summed E-state index contributed by atoms with van der Waals surface area (Å²) in [5, 5.41) is 33.0. The molecule has 0 saturated carbocycles. The Kier molecular flexibility index (Phi) is 8.22. The van der Waals surface area contributed by atoms with Crippen LogP contribution in [0.25, 0.3) is 5.69 Å². The van der Waals surface area contributed by atoms with Gasteiger partial charge in [-0.1, -0.05) is 6.42 Å². The molecule has 14 heteroatoms. The summed E-state index contributed by atoms with van der Waals surface area (Å²) in [5.41, 5.74) is -0.211. The van der Waals surface area contributed by atoms with E-state index in [1.807, 2.05) is 0 Å². The van der Waals surface area contributed by atoms with E-state index in [9.17, 15) is 15.2 Å². The first kappa shape index (κ1) is 27.5. The number of aryl methyl sites for hydroxylation is 1. The van der Waals surface area contributed by atoms with E-state index in [4.69, 9.17) is 4.74 Å². The van der Waals surface area contributed by atoms with Crippen LogP contribution in [0.4, 0.5) is 21.8 Å². The van der Waals surface area contributed by atoms with E-state index in [1.165, 1.54) is 45.5 Å². The van der Waals surface area contributed by atoms with Gasteiger partial charge in [-0.15, -0.1) is 0 Å². The second kappa shape index (κ2) is 12.0. The van der Waals surface area contributed by atoms with Crippen LogP contribution in [0.1, 0.15) is 44.6 Å². The summed E-state index contributed by atoms with van der Waals surface area (Å²) < 4.78 is 22.7. The number of piperidine rings is 2. The maximum absolute atomic E-state index is 15.2. The summed E-state index contributed by atoms with van der Waals surface area (Å²) in [4.78, 5) is 23.8. The van der Waals surface area contributed by atoms with Gasteiger partial charge in [0.05, 0.1) is 18.0 Å². The summed E-state index contributed by atoms with van der Waals surface area (Å²) in [6, 6.07) is 5.07.